The van der Waals surface area contributed by atoms with Crippen LogP contribution >= 0.6 is 11.6 Å². The molecular weight excluding hydrogens is 284 g/mol. The molecule has 1 aromatic heterocycles. The van der Waals surface area contributed by atoms with E-state index in [1.54, 1.807) is 6.20 Å². The van der Waals surface area contributed by atoms with Gasteiger partial charge in [0.1, 0.15) is 6.67 Å². The molecule has 0 atom stereocenters. The third kappa shape index (κ3) is 2.08. The van der Waals surface area contributed by atoms with E-state index in [1.165, 1.54) is 0 Å². The molecule has 0 spiro atoms. The molecule has 103 valence electrons. The van der Waals surface area contributed by atoms with Gasteiger partial charge in [0.15, 0.2) is 0 Å². The Morgan fingerprint density at radius 3 is 2.95 bits per heavy atom. The van der Waals surface area contributed by atoms with Crippen molar-refractivity contribution >= 4 is 17.3 Å². The van der Waals surface area contributed by atoms with Crippen LogP contribution in [0.4, 0.5) is 5.69 Å². The first-order chi connectivity index (χ1) is 10.3. The predicted octanol–water partition coefficient (Wildman–Crippen LogP) is 3.38. The Morgan fingerprint density at radius 1 is 1.14 bits per heavy atom. The first kappa shape index (κ1) is 12.4. The maximum atomic E-state index is 6.34. The molecule has 1 aliphatic rings. The van der Waals surface area contributed by atoms with Crippen molar-refractivity contribution in [3.8, 4) is 11.3 Å². The maximum absolute atomic E-state index is 6.34. The summed E-state index contributed by atoms with van der Waals surface area (Å²) in [4.78, 5) is 2.18. The van der Waals surface area contributed by atoms with Crippen LogP contribution in [-0.2, 0) is 13.2 Å². The first-order valence-electron chi connectivity index (χ1n) is 6.71. The summed E-state index contributed by atoms with van der Waals surface area (Å²) < 4.78 is 1.89. The molecule has 0 aliphatic carbocycles. The Bertz CT molecular complexity index is 796. The predicted molar refractivity (Wildman–Crippen MR) is 81.9 cm³/mol. The van der Waals surface area contributed by atoms with Crippen molar-refractivity contribution in [2.24, 2.45) is 0 Å². The van der Waals surface area contributed by atoms with Crippen LogP contribution in [0.3, 0.4) is 0 Å². The lowest BCUT2D eigenvalue weighted by molar-refractivity contribution is 0.569. The van der Waals surface area contributed by atoms with Gasteiger partial charge in [-0.2, -0.15) is 0 Å². The van der Waals surface area contributed by atoms with Crippen LogP contribution in [0.5, 0.6) is 0 Å². The van der Waals surface area contributed by atoms with Crippen LogP contribution in [0, 0.1) is 6.07 Å². The van der Waals surface area contributed by atoms with Gasteiger partial charge < -0.3 is 4.90 Å². The maximum Gasteiger partial charge on any atom is 0.114 e. The molecule has 0 N–H and O–H groups in total. The third-order valence-corrected chi connectivity index (χ3v) is 4.00. The highest BCUT2D eigenvalue weighted by Gasteiger charge is 2.21. The number of aromatic nitrogens is 3. The number of halogens is 1. The molecule has 21 heavy (non-hydrogen) atoms. The molecule has 2 aromatic carbocycles. The van der Waals surface area contributed by atoms with Crippen molar-refractivity contribution in [1.29, 1.82) is 0 Å². The monoisotopic (exact) mass is 295 g/mol. The van der Waals surface area contributed by atoms with Crippen molar-refractivity contribution in [2.75, 3.05) is 4.90 Å². The highest BCUT2D eigenvalue weighted by atomic mass is 35.5. The van der Waals surface area contributed by atoms with E-state index in [0.29, 0.717) is 6.67 Å². The molecule has 3 aromatic rings. The lowest BCUT2D eigenvalue weighted by atomic mass is 10.1. The van der Waals surface area contributed by atoms with Gasteiger partial charge in [-0.15, -0.1) is 5.10 Å². The van der Waals surface area contributed by atoms with E-state index in [2.05, 4.69) is 27.3 Å². The van der Waals surface area contributed by atoms with E-state index in [4.69, 9.17) is 11.6 Å². The van der Waals surface area contributed by atoms with E-state index in [1.807, 2.05) is 41.1 Å². The van der Waals surface area contributed by atoms with Crippen LogP contribution in [0.15, 0.2) is 48.7 Å². The highest BCUT2D eigenvalue weighted by molar-refractivity contribution is 6.33. The zero-order valence-electron chi connectivity index (χ0n) is 11.2. The van der Waals surface area contributed by atoms with Crippen molar-refractivity contribution in [3.05, 3.63) is 65.3 Å². The standard InChI is InChI=1S/C16H12ClN4/c17-14-7-3-4-8-15(14)20-10-12-5-1-2-6-13(12)16-9-18-19-21(16)11-20/h1-4,6-9H,10-11H2. The Kier molecular flexibility index (Phi) is 2.89. The summed E-state index contributed by atoms with van der Waals surface area (Å²) >= 11 is 6.34. The second-order valence-corrected chi connectivity index (χ2v) is 5.38. The van der Waals surface area contributed by atoms with Crippen molar-refractivity contribution < 1.29 is 0 Å². The van der Waals surface area contributed by atoms with Gasteiger partial charge >= 0.3 is 0 Å². The summed E-state index contributed by atoms with van der Waals surface area (Å²) in [5.41, 5.74) is 4.25. The second kappa shape index (κ2) is 4.90. The molecule has 0 amide bonds. The van der Waals surface area contributed by atoms with Gasteiger partial charge in [0.05, 0.1) is 22.6 Å². The molecule has 1 radical (unpaired) electrons. The molecule has 0 saturated carbocycles. The van der Waals surface area contributed by atoms with Crippen molar-refractivity contribution in [2.45, 2.75) is 13.2 Å². The Labute approximate surface area is 127 Å². The Morgan fingerprint density at radius 2 is 2.05 bits per heavy atom. The fourth-order valence-electron chi connectivity index (χ4n) is 2.68. The minimum absolute atomic E-state index is 0.613. The topological polar surface area (TPSA) is 34.0 Å². The molecule has 0 unspecified atom stereocenters. The average Bonchev–Trinajstić information content (AvgIpc) is 2.90. The number of para-hydroxylation sites is 1. The molecule has 1 aliphatic heterocycles. The fraction of sp³-hybridized carbons (Fsp3) is 0.125. The van der Waals surface area contributed by atoms with Gasteiger partial charge in [0.2, 0.25) is 0 Å². The summed E-state index contributed by atoms with van der Waals surface area (Å²) in [7, 11) is 0. The number of anilines is 1. The Hall–Kier alpha value is -2.33. The molecule has 5 heteroatoms. The molecule has 2 heterocycles. The lowest BCUT2D eigenvalue weighted by Crippen LogP contribution is -2.25. The van der Waals surface area contributed by atoms with E-state index in [9.17, 15) is 0 Å². The summed E-state index contributed by atoms with van der Waals surface area (Å²) in [5, 5.41) is 8.96. The number of nitrogens with zero attached hydrogens (tertiary/aromatic N) is 4. The number of fused-ring (bicyclic) bond motifs is 3. The molecule has 4 nitrogen and oxygen atoms in total. The van der Waals surface area contributed by atoms with Gasteiger partial charge in [-0.1, -0.05) is 47.1 Å². The normalized spacial score (nSPS) is 13.5. The molecular formula is C16H12ClN4. The quantitative estimate of drug-likeness (QED) is 0.690. The fourth-order valence-corrected chi connectivity index (χ4v) is 2.94. The second-order valence-electron chi connectivity index (χ2n) is 4.97. The summed E-state index contributed by atoms with van der Waals surface area (Å²) in [6.07, 6.45) is 1.79. The van der Waals surface area contributed by atoms with Gasteiger partial charge in [-0.3, -0.25) is 0 Å². The van der Waals surface area contributed by atoms with Crippen molar-refractivity contribution in [1.82, 2.24) is 15.0 Å². The smallest absolute Gasteiger partial charge is 0.114 e. The summed E-state index contributed by atoms with van der Waals surface area (Å²) in [5.74, 6) is 0. The molecule has 0 fully saturated rings. The third-order valence-electron chi connectivity index (χ3n) is 3.68. The van der Waals surface area contributed by atoms with Gasteiger partial charge in [-0.25, -0.2) is 4.68 Å². The number of rotatable bonds is 1. The number of benzene rings is 2. The number of hydrogen-bond donors (Lipinski definition) is 0. The van der Waals surface area contributed by atoms with E-state index in [0.717, 1.165) is 34.1 Å². The van der Waals surface area contributed by atoms with Gasteiger partial charge in [0, 0.05) is 12.1 Å². The minimum Gasteiger partial charge on any atom is -0.346 e. The Balaban J connectivity index is 1.87. The SMILES string of the molecule is Clc1ccccc1N1Cc2[c]cccc2-c2cnnn2C1. The summed E-state index contributed by atoms with van der Waals surface area (Å²) in [6, 6.07) is 17.2. The zero-order valence-corrected chi connectivity index (χ0v) is 12.0. The molecule has 0 bridgehead atoms. The van der Waals surface area contributed by atoms with Crippen LogP contribution in [0.25, 0.3) is 11.3 Å². The van der Waals surface area contributed by atoms with Crippen LogP contribution < -0.4 is 4.90 Å². The van der Waals surface area contributed by atoms with E-state index < -0.39 is 0 Å². The van der Waals surface area contributed by atoms with E-state index in [-0.39, 0.29) is 0 Å². The van der Waals surface area contributed by atoms with Crippen LogP contribution in [-0.4, -0.2) is 15.0 Å². The number of hydrogen-bond acceptors (Lipinski definition) is 3. The van der Waals surface area contributed by atoms with E-state index >= 15 is 0 Å². The largest absolute Gasteiger partial charge is 0.346 e. The zero-order chi connectivity index (χ0) is 14.2. The molecule has 0 saturated heterocycles. The van der Waals surface area contributed by atoms with Crippen LogP contribution in [0.1, 0.15) is 5.56 Å². The first-order valence-corrected chi connectivity index (χ1v) is 7.08. The average molecular weight is 296 g/mol. The van der Waals surface area contributed by atoms with Crippen molar-refractivity contribution in [3.63, 3.8) is 0 Å². The minimum atomic E-state index is 0.613. The lowest BCUT2D eigenvalue weighted by Gasteiger charge is -2.24. The summed E-state index contributed by atoms with van der Waals surface area (Å²) in [6.45, 7) is 1.35. The highest BCUT2D eigenvalue weighted by Crippen LogP contribution is 2.32. The van der Waals surface area contributed by atoms with Gasteiger partial charge in [-0.05, 0) is 23.8 Å². The molecule has 4 rings (SSSR count). The van der Waals surface area contributed by atoms with Gasteiger partial charge in [0.25, 0.3) is 0 Å². The van der Waals surface area contributed by atoms with Crippen LogP contribution in [0.2, 0.25) is 5.02 Å².